The number of hydrogen-bond donors (Lipinski definition) is 1. The fourth-order valence-electron chi connectivity index (χ4n) is 2.92. The summed E-state index contributed by atoms with van der Waals surface area (Å²) in [7, 11) is 0. The van der Waals surface area contributed by atoms with Gasteiger partial charge < -0.3 is 5.32 Å². The van der Waals surface area contributed by atoms with Crippen LogP contribution in [0.2, 0.25) is 0 Å². The molecule has 1 aromatic heterocycles. The molecule has 0 saturated heterocycles. The maximum atomic E-state index is 13.4. The van der Waals surface area contributed by atoms with Crippen LogP contribution in [0.1, 0.15) is 15.9 Å². The molecule has 2 heterocycles. The fraction of sp³-hybridized carbons (Fsp3) is 0.0500. The number of thiazole rings is 1. The number of anilines is 1. The number of hydrogen-bond acceptors (Lipinski definition) is 4. The summed E-state index contributed by atoms with van der Waals surface area (Å²) in [6, 6.07) is 10.5. The zero-order valence-corrected chi connectivity index (χ0v) is 15.2. The summed E-state index contributed by atoms with van der Waals surface area (Å²) >= 11 is 1.14. The minimum Gasteiger partial charge on any atom is -0.300 e. The summed E-state index contributed by atoms with van der Waals surface area (Å²) in [5.41, 5.74) is 2.49. The molecule has 0 spiro atoms. The van der Waals surface area contributed by atoms with Crippen molar-refractivity contribution in [2.24, 2.45) is 0 Å². The first-order valence-electron chi connectivity index (χ1n) is 8.25. The summed E-state index contributed by atoms with van der Waals surface area (Å²) in [5, 5.41) is 4.53. The van der Waals surface area contributed by atoms with Crippen molar-refractivity contribution in [3.05, 3.63) is 77.2 Å². The highest BCUT2D eigenvalue weighted by atomic mass is 32.1. The summed E-state index contributed by atoms with van der Waals surface area (Å²) in [6.07, 6.45) is 0. The van der Waals surface area contributed by atoms with Gasteiger partial charge in [-0.2, -0.15) is 0 Å². The van der Waals surface area contributed by atoms with Gasteiger partial charge in [0.05, 0.1) is 5.69 Å². The summed E-state index contributed by atoms with van der Waals surface area (Å²) in [5.74, 6) is -2.63. The Kier molecular flexibility index (Phi) is 4.48. The van der Waals surface area contributed by atoms with Gasteiger partial charge >= 0.3 is 0 Å². The lowest BCUT2D eigenvalue weighted by Gasteiger charge is -2.16. The Hall–Kier alpha value is -3.39. The van der Waals surface area contributed by atoms with Crippen LogP contribution >= 0.6 is 11.3 Å². The number of aromatic nitrogens is 1. The minimum atomic E-state index is -0.971. The molecule has 0 unspecified atom stereocenters. The zero-order chi connectivity index (χ0) is 19.8. The molecule has 28 heavy (non-hydrogen) atoms. The molecule has 0 fully saturated rings. The molecule has 1 N–H and O–H groups in total. The van der Waals surface area contributed by atoms with Crippen LogP contribution in [0, 0.1) is 11.6 Å². The van der Waals surface area contributed by atoms with E-state index in [0.717, 1.165) is 23.5 Å². The number of nitrogens with one attached hydrogen (secondary N) is 1. The molecule has 0 bridgehead atoms. The van der Waals surface area contributed by atoms with Crippen LogP contribution in [0.3, 0.4) is 0 Å². The summed E-state index contributed by atoms with van der Waals surface area (Å²) in [4.78, 5) is 30.3. The van der Waals surface area contributed by atoms with Gasteiger partial charge in [-0.05, 0) is 24.3 Å². The largest absolute Gasteiger partial charge is 0.300 e. The molecule has 8 heteroatoms. The maximum Gasteiger partial charge on any atom is 0.259 e. The first-order valence-corrected chi connectivity index (χ1v) is 9.13. The predicted molar refractivity (Wildman–Crippen MR) is 103 cm³/mol. The second-order valence-electron chi connectivity index (χ2n) is 6.10. The number of nitrogens with zero attached hydrogens (tertiary/aromatic N) is 2. The summed E-state index contributed by atoms with van der Waals surface area (Å²) < 4.78 is 26.4. The lowest BCUT2D eigenvalue weighted by Crippen LogP contribution is -2.32. The van der Waals surface area contributed by atoms with Crippen LogP contribution in [0.4, 0.5) is 13.9 Å². The highest BCUT2D eigenvalue weighted by Gasteiger charge is 2.31. The van der Waals surface area contributed by atoms with Crippen molar-refractivity contribution in [3.63, 3.8) is 0 Å². The van der Waals surface area contributed by atoms with Crippen LogP contribution in [0.25, 0.3) is 17.0 Å². The third-order valence-corrected chi connectivity index (χ3v) is 5.06. The molecule has 2 aromatic carbocycles. The lowest BCUT2D eigenvalue weighted by molar-refractivity contribution is -0.116. The van der Waals surface area contributed by atoms with E-state index in [1.54, 1.807) is 29.6 Å². The molecule has 0 atom stereocenters. The van der Waals surface area contributed by atoms with E-state index in [1.807, 2.05) is 0 Å². The number of fused-ring (bicyclic) bond motifs is 1. The minimum absolute atomic E-state index is 0.202. The predicted octanol–water partition coefficient (Wildman–Crippen LogP) is 4.15. The molecule has 3 aromatic rings. The number of carbonyl (C=O) groups is 2. The smallest absolute Gasteiger partial charge is 0.259 e. The summed E-state index contributed by atoms with van der Waals surface area (Å²) in [6.45, 7) is 3.69. The van der Waals surface area contributed by atoms with E-state index in [2.05, 4.69) is 16.9 Å². The van der Waals surface area contributed by atoms with E-state index in [4.69, 9.17) is 0 Å². The van der Waals surface area contributed by atoms with Gasteiger partial charge in [-0.1, -0.05) is 24.8 Å². The van der Waals surface area contributed by atoms with Gasteiger partial charge in [0, 0.05) is 27.8 Å². The molecule has 140 valence electrons. The molecule has 4 rings (SSSR count). The Balaban J connectivity index is 1.45. The number of amides is 2. The quantitative estimate of drug-likeness (QED) is 0.719. The van der Waals surface area contributed by atoms with E-state index in [1.165, 1.54) is 11.0 Å². The SMILES string of the molecule is C=C1c2ccccc2C(=O)N1CC(=O)Nc1nc(-c2ccc(F)c(F)c2)cs1. The highest BCUT2D eigenvalue weighted by molar-refractivity contribution is 7.14. The van der Waals surface area contributed by atoms with Crippen molar-refractivity contribution in [1.29, 1.82) is 0 Å². The Morgan fingerprint density at radius 2 is 1.89 bits per heavy atom. The Morgan fingerprint density at radius 1 is 1.14 bits per heavy atom. The van der Waals surface area contributed by atoms with Crippen molar-refractivity contribution in [2.75, 3.05) is 11.9 Å². The van der Waals surface area contributed by atoms with Gasteiger partial charge in [-0.25, -0.2) is 13.8 Å². The van der Waals surface area contributed by atoms with Crippen LogP contribution in [-0.2, 0) is 4.79 Å². The standard InChI is InChI=1S/C20H13F2N3O2S/c1-11-13-4-2-3-5-14(13)19(27)25(11)9-18(26)24-20-23-17(10-28-20)12-6-7-15(21)16(22)8-12/h2-8,10H,1,9H2,(H,23,24,26). The normalized spacial score (nSPS) is 13.0. The van der Waals surface area contributed by atoms with Crippen LogP contribution in [0.15, 0.2) is 54.4 Å². The highest BCUT2D eigenvalue weighted by Crippen LogP contribution is 2.31. The van der Waals surface area contributed by atoms with Crippen LogP contribution < -0.4 is 5.32 Å². The fourth-order valence-corrected chi connectivity index (χ4v) is 3.66. The van der Waals surface area contributed by atoms with E-state index in [9.17, 15) is 18.4 Å². The molecule has 0 radical (unpaired) electrons. The first kappa shape index (κ1) is 18.0. The Labute approximate surface area is 162 Å². The molecule has 5 nitrogen and oxygen atoms in total. The maximum absolute atomic E-state index is 13.4. The van der Waals surface area contributed by atoms with Gasteiger partial charge in [-0.15, -0.1) is 11.3 Å². The molecular formula is C20H13F2N3O2S. The van der Waals surface area contributed by atoms with E-state index < -0.39 is 17.5 Å². The van der Waals surface area contributed by atoms with Gasteiger partial charge in [0.25, 0.3) is 5.91 Å². The topological polar surface area (TPSA) is 62.3 Å². The molecule has 1 aliphatic rings. The third-order valence-electron chi connectivity index (χ3n) is 4.31. The van der Waals surface area contributed by atoms with E-state index >= 15 is 0 Å². The van der Waals surface area contributed by atoms with Crippen molar-refractivity contribution < 1.29 is 18.4 Å². The lowest BCUT2D eigenvalue weighted by atomic mass is 10.1. The average Bonchev–Trinajstić information content (AvgIpc) is 3.23. The van der Waals surface area contributed by atoms with Gasteiger partial charge in [0.1, 0.15) is 6.54 Å². The Bertz CT molecular complexity index is 1090. The second kappa shape index (κ2) is 6.97. The van der Waals surface area contributed by atoms with Crippen LogP contribution in [0.5, 0.6) is 0 Å². The van der Waals surface area contributed by atoms with Gasteiger partial charge in [0.2, 0.25) is 5.91 Å². The van der Waals surface area contributed by atoms with Gasteiger partial charge in [-0.3, -0.25) is 14.5 Å². The second-order valence-corrected chi connectivity index (χ2v) is 6.96. The van der Waals surface area contributed by atoms with Crippen molar-refractivity contribution in [1.82, 2.24) is 9.88 Å². The molecule has 2 amide bonds. The van der Waals surface area contributed by atoms with Crippen molar-refractivity contribution >= 4 is 34.0 Å². The Morgan fingerprint density at radius 3 is 2.61 bits per heavy atom. The number of benzene rings is 2. The number of carbonyl (C=O) groups excluding carboxylic acids is 2. The monoisotopic (exact) mass is 397 g/mol. The number of halogens is 2. The molecule has 1 aliphatic heterocycles. The van der Waals surface area contributed by atoms with Crippen LogP contribution in [-0.4, -0.2) is 28.2 Å². The third kappa shape index (κ3) is 3.18. The van der Waals surface area contributed by atoms with Crippen molar-refractivity contribution in [2.45, 2.75) is 0 Å². The molecular weight excluding hydrogens is 384 g/mol. The van der Waals surface area contributed by atoms with E-state index in [-0.39, 0.29) is 12.5 Å². The average molecular weight is 397 g/mol. The number of rotatable bonds is 4. The first-order chi connectivity index (χ1) is 13.4. The van der Waals surface area contributed by atoms with Crippen molar-refractivity contribution in [3.8, 4) is 11.3 Å². The zero-order valence-electron chi connectivity index (χ0n) is 14.4. The van der Waals surface area contributed by atoms with E-state index in [0.29, 0.717) is 33.2 Å². The molecule has 0 aliphatic carbocycles. The molecule has 0 saturated carbocycles. The van der Waals surface area contributed by atoms with Gasteiger partial charge in [0.15, 0.2) is 16.8 Å².